The van der Waals surface area contributed by atoms with Crippen LogP contribution in [0.4, 0.5) is 0 Å². The Hall–Kier alpha value is -2.87. The normalized spacial score (nSPS) is 13.6. The van der Waals surface area contributed by atoms with Crippen LogP contribution in [-0.4, -0.2) is 18.9 Å². The zero-order valence-corrected chi connectivity index (χ0v) is 15.8. The fourth-order valence-electron chi connectivity index (χ4n) is 3.54. The van der Waals surface area contributed by atoms with Crippen molar-refractivity contribution in [2.45, 2.75) is 26.2 Å². The van der Waals surface area contributed by atoms with Crippen molar-refractivity contribution in [1.82, 2.24) is 0 Å². The monoisotopic (exact) mass is 355 g/mol. The van der Waals surface area contributed by atoms with Gasteiger partial charge in [-0.05, 0) is 59.0 Å². The minimum atomic E-state index is 0.789. The predicted octanol–water partition coefficient (Wildman–Crippen LogP) is 6.08. The minimum absolute atomic E-state index is 0.789. The molecule has 0 saturated heterocycles. The highest BCUT2D eigenvalue weighted by atomic mass is 16.5. The first-order valence-corrected chi connectivity index (χ1v) is 9.81. The third-order valence-electron chi connectivity index (χ3n) is 5.03. The van der Waals surface area contributed by atoms with Gasteiger partial charge in [-0.1, -0.05) is 61.9 Å². The highest BCUT2D eigenvalue weighted by Crippen LogP contribution is 2.24. The summed E-state index contributed by atoms with van der Waals surface area (Å²) in [6.45, 7) is 3.80. The summed E-state index contributed by atoms with van der Waals surface area (Å²) in [5.41, 5.74) is 4.84. The number of nitrogens with zero attached hydrogens (tertiary/aromatic N) is 1. The van der Waals surface area contributed by atoms with Gasteiger partial charge in [-0.2, -0.15) is 0 Å². The SMILES string of the molecule is CCCCOc1ccc2c(c1)CCN=C2/C=C/c1cccc2ccccc12. The van der Waals surface area contributed by atoms with Crippen molar-refractivity contribution in [3.8, 4) is 5.75 Å². The zero-order chi connectivity index (χ0) is 18.5. The van der Waals surface area contributed by atoms with Gasteiger partial charge >= 0.3 is 0 Å². The molecule has 2 nitrogen and oxygen atoms in total. The van der Waals surface area contributed by atoms with E-state index in [1.807, 2.05) is 0 Å². The van der Waals surface area contributed by atoms with E-state index in [4.69, 9.17) is 9.73 Å². The second-order valence-corrected chi connectivity index (χ2v) is 6.94. The van der Waals surface area contributed by atoms with Crippen LogP contribution in [0, 0.1) is 0 Å². The van der Waals surface area contributed by atoms with Crippen molar-refractivity contribution in [2.24, 2.45) is 4.99 Å². The summed E-state index contributed by atoms with van der Waals surface area (Å²) in [6, 6.07) is 21.3. The molecule has 0 fully saturated rings. The van der Waals surface area contributed by atoms with Gasteiger partial charge < -0.3 is 4.74 Å². The van der Waals surface area contributed by atoms with Crippen LogP contribution in [0.15, 0.2) is 71.7 Å². The lowest BCUT2D eigenvalue weighted by atomic mass is 9.96. The molecule has 4 rings (SSSR count). The molecule has 0 aromatic heterocycles. The second kappa shape index (κ2) is 8.22. The van der Waals surface area contributed by atoms with E-state index >= 15 is 0 Å². The summed E-state index contributed by atoms with van der Waals surface area (Å²) in [6.07, 6.45) is 7.56. The molecular weight excluding hydrogens is 330 g/mol. The number of fused-ring (bicyclic) bond motifs is 2. The lowest BCUT2D eigenvalue weighted by Crippen LogP contribution is -2.11. The van der Waals surface area contributed by atoms with Crippen molar-refractivity contribution in [2.75, 3.05) is 13.2 Å². The van der Waals surface area contributed by atoms with Crippen LogP contribution >= 0.6 is 0 Å². The summed E-state index contributed by atoms with van der Waals surface area (Å²) in [7, 11) is 0. The Morgan fingerprint density at radius 1 is 1.00 bits per heavy atom. The first-order chi connectivity index (χ1) is 13.3. The molecule has 0 amide bonds. The molecule has 0 radical (unpaired) electrons. The molecule has 3 aromatic rings. The van der Waals surface area contributed by atoms with E-state index in [1.54, 1.807) is 0 Å². The molecule has 1 aliphatic heterocycles. The molecule has 0 unspecified atom stereocenters. The number of hydrogen-bond acceptors (Lipinski definition) is 2. The minimum Gasteiger partial charge on any atom is -0.494 e. The van der Waals surface area contributed by atoms with Crippen LogP contribution in [0.5, 0.6) is 5.75 Å². The van der Waals surface area contributed by atoms with E-state index in [1.165, 1.54) is 27.5 Å². The van der Waals surface area contributed by atoms with Crippen LogP contribution in [0.3, 0.4) is 0 Å². The molecule has 27 heavy (non-hydrogen) atoms. The zero-order valence-electron chi connectivity index (χ0n) is 15.8. The van der Waals surface area contributed by atoms with Crippen LogP contribution < -0.4 is 4.74 Å². The van der Waals surface area contributed by atoms with E-state index in [0.717, 1.165) is 43.9 Å². The van der Waals surface area contributed by atoms with Gasteiger partial charge in [0.25, 0.3) is 0 Å². The van der Waals surface area contributed by atoms with Gasteiger partial charge in [0.2, 0.25) is 0 Å². The van der Waals surface area contributed by atoms with Gasteiger partial charge in [0.05, 0.1) is 12.3 Å². The van der Waals surface area contributed by atoms with Crippen molar-refractivity contribution in [3.05, 3.63) is 83.4 Å². The number of unbranched alkanes of at least 4 members (excludes halogenated alkanes) is 1. The molecule has 136 valence electrons. The lowest BCUT2D eigenvalue weighted by molar-refractivity contribution is 0.309. The topological polar surface area (TPSA) is 21.6 Å². The van der Waals surface area contributed by atoms with Gasteiger partial charge in [0.1, 0.15) is 5.75 Å². The largest absolute Gasteiger partial charge is 0.494 e. The number of rotatable bonds is 6. The number of ether oxygens (including phenoxy) is 1. The smallest absolute Gasteiger partial charge is 0.119 e. The van der Waals surface area contributed by atoms with E-state index in [0.29, 0.717) is 0 Å². The maximum atomic E-state index is 5.87. The fourth-order valence-corrected chi connectivity index (χ4v) is 3.54. The van der Waals surface area contributed by atoms with Crippen LogP contribution in [-0.2, 0) is 6.42 Å². The summed E-state index contributed by atoms with van der Waals surface area (Å²) in [4.78, 5) is 4.76. The average molecular weight is 355 g/mol. The third kappa shape index (κ3) is 3.95. The number of hydrogen-bond donors (Lipinski definition) is 0. The molecule has 0 spiro atoms. The fraction of sp³-hybridized carbons (Fsp3) is 0.240. The highest BCUT2D eigenvalue weighted by Gasteiger charge is 2.13. The van der Waals surface area contributed by atoms with E-state index in [-0.39, 0.29) is 0 Å². The molecule has 0 bridgehead atoms. The first-order valence-electron chi connectivity index (χ1n) is 9.81. The second-order valence-electron chi connectivity index (χ2n) is 6.94. The Kier molecular flexibility index (Phi) is 5.34. The Morgan fingerprint density at radius 3 is 2.81 bits per heavy atom. The molecular formula is C25H25NO. The average Bonchev–Trinajstić information content (AvgIpc) is 2.72. The maximum absolute atomic E-state index is 5.87. The number of allylic oxidation sites excluding steroid dienone is 1. The van der Waals surface area contributed by atoms with Crippen LogP contribution in [0.25, 0.3) is 16.8 Å². The maximum Gasteiger partial charge on any atom is 0.119 e. The number of benzene rings is 3. The first kappa shape index (κ1) is 17.5. The van der Waals surface area contributed by atoms with Gasteiger partial charge in [-0.15, -0.1) is 0 Å². The predicted molar refractivity (Wildman–Crippen MR) is 115 cm³/mol. The van der Waals surface area contributed by atoms with Crippen molar-refractivity contribution in [3.63, 3.8) is 0 Å². The van der Waals surface area contributed by atoms with E-state index in [2.05, 4.69) is 79.7 Å². The molecule has 0 aliphatic carbocycles. The molecule has 0 atom stereocenters. The van der Waals surface area contributed by atoms with Crippen molar-refractivity contribution in [1.29, 1.82) is 0 Å². The van der Waals surface area contributed by atoms with Crippen LogP contribution in [0.2, 0.25) is 0 Å². The molecule has 3 aromatic carbocycles. The Balaban J connectivity index is 1.58. The van der Waals surface area contributed by atoms with Gasteiger partial charge in [0, 0.05) is 12.1 Å². The van der Waals surface area contributed by atoms with E-state index in [9.17, 15) is 0 Å². The Morgan fingerprint density at radius 2 is 1.89 bits per heavy atom. The summed E-state index contributed by atoms with van der Waals surface area (Å²) in [5, 5.41) is 2.53. The third-order valence-corrected chi connectivity index (χ3v) is 5.03. The van der Waals surface area contributed by atoms with Gasteiger partial charge in [0.15, 0.2) is 0 Å². The molecule has 1 aliphatic rings. The molecule has 0 saturated carbocycles. The summed E-state index contributed by atoms with van der Waals surface area (Å²) < 4.78 is 5.87. The van der Waals surface area contributed by atoms with E-state index < -0.39 is 0 Å². The molecule has 2 heteroatoms. The summed E-state index contributed by atoms with van der Waals surface area (Å²) in [5.74, 6) is 0.974. The quantitative estimate of drug-likeness (QED) is 0.491. The molecule has 1 heterocycles. The molecule has 0 N–H and O–H groups in total. The standard InChI is InChI=1S/C25H25NO/c1-2-3-17-27-22-12-13-24-21(18-22)15-16-26-25(24)14-11-20-9-6-8-19-7-4-5-10-23(19)20/h4-14,18H,2-3,15-17H2,1H3/b14-11+. The number of aliphatic imine (C=N–C) groups is 1. The Labute approximate surface area is 161 Å². The van der Waals surface area contributed by atoms with Crippen LogP contribution in [0.1, 0.15) is 36.5 Å². The highest BCUT2D eigenvalue weighted by molar-refractivity contribution is 6.13. The summed E-state index contributed by atoms with van der Waals surface area (Å²) >= 11 is 0. The lowest BCUT2D eigenvalue weighted by Gasteiger charge is -2.16. The van der Waals surface area contributed by atoms with Crippen molar-refractivity contribution < 1.29 is 4.74 Å². The van der Waals surface area contributed by atoms with Gasteiger partial charge in [-0.3, -0.25) is 4.99 Å². The van der Waals surface area contributed by atoms with Gasteiger partial charge in [-0.25, -0.2) is 0 Å². The Bertz CT molecular complexity index is 995. The van der Waals surface area contributed by atoms with Crippen molar-refractivity contribution >= 4 is 22.6 Å².